The second-order valence-corrected chi connectivity index (χ2v) is 21.7. The number of nitro groups is 1. The molecular formula is C49H80N4O14S. The number of carbonyl (C=O) groups is 1. The molecule has 3 aliphatic rings. The molecule has 19 heteroatoms. The number of aromatic nitrogens is 1. The molecule has 18 nitrogen and oxygen atoms in total. The Morgan fingerprint density at radius 3 is 2.28 bits per heavy atom. The number of hydrogen-bond acceptors (Lipinski definition) is 18. The summed E-state index contributed by atoms with van der Waals surface area (Å²) in [5, 5.41) is 73.5. The molecule has 386 valence electrons. The van der Waals surface area contributed by atoms with Crippen molar-refractivity contribution in [2.24, 2.45) is 17.8 Å². The zero-order valence-electron chi connectivity index (χ0n) is 42.3. The van der Waals surface area contributed by atoms with Crippen molar-refractivity contribution in [3.63, 3.8) is 0 Å². The van der Waals surface area contributed by atoms with Gasteiger partial charge in [0.05, 0.1) is 57.2 Å². The fraction of sp³-hybridized carbons (Fsp3) is 0.796. The first kappa shape index (κ1) is 56.2. The van der Waals surface area contributed by atoms with Crippen LogP contribution >= 0.6 is 11.3 Å². The first-order valence-electron chi connectivity index (χ1n) is 24.2. The van der Waals surface area contributed by atoms with Crippen molar-refractivity contribution in [1.29, 1.82) is 0 Å². The molecule has 0 spiro atoms. The van der Waals surface area contributed by atoms with Gasteiger partial charge in [-0.25, -0.2) is 4.98 Å². The van der Waals surface area contributed by atoms with Crippen molar-refractivity contribution >= 4 is 23.0 Å². The van der Waals surface area contributed by atoms with Gasteiger partial charge in [-0.3, -0.25) is 14.9 Å². The van der Waals surface area contributed by atoms with Gasteiger partial charge in [0.2, 0.25) is 0 Å². The van der Waals surface area contributed by atoms with E-state index in [4.69, 9.17) is 33.4 Å². The summed E-state index contributed by atoms with van der Waals surface area (Å²) in [6.07, 6.45) is -7.95. The molecule has 2 aromatic rings. The van der Waals surface area contributed by atoms with Crippen LogP contribution in [-0.4, -0.2) is 176 Å². The summed E-state index contributed by atoms with van der Waals surface area (Å²) in [6, 6.07) is 5.46. The molecule has 4 heterocycles. The molecule has 0 bridgehead atoms. The summed E-state index contributed by atoms with van der Waals surface area (Å²) in [6.45, 7) is 18.5. The first-order valence-corrected chi connectivity index (χ1v) is 25.0. The van der Waals surface area contributed by atoms with Crippen molar-refractivity contribution in [3.05, 3.63) is 56.0 Å². The third kappa shape index (κ3) is 13.2. The highest BCUT2D eigenvalue weighted by Crippen LogP contribution is 2.40. The van der Waals surface area contributed by atoms with Gasteiger partial charge in [0.1, 0.15) is 30.0 Å². The zero-order chi connectivity index (χ0) is 50.6. The molecule has 5 rings (SSSR count). The Morgan fingerprint density at radius 1 is 1.00 bits per heavy atom. The number of nitro benzene ring substituents is 1. The number of likely N-dealkylation sites (N-methyl/N-ethyl adjacent to an activating group) is 2. The van der Waals surface area contributed by atoms with Gasteiger partial charge >= 0.3 is 5.97 Å². The molecule has 5 N–H and O–H groups in total. The maximum Gasteiger partial charge on any atom is 0.311 e. The van der Waals surface area contributed by atoms with Gasteiger partial charge in [-0.1, -0.05) is 32.9 Å². The molecule has 0 amide bonds. The number of non-ortho nitro benzene ring substituents is 1. The van der Waals surface area contributed by atoms with Crippen molar-refractivity contribution in [2.75, 3.05) is 34.3 Å². The molecule has 3 aliphatic heterocycles. The number of cyclic esters (lactones) is 1. The van der Waals surface area contributed by atoms with Gasteiger partial charge in [0.15, 0.2) is 12.6 Å². The Kier molecular flexibility index (Phi) is 19.2. The smallest absolute Gasteiger partial charge is 0.311 e. The van der Waals surface area contributed by atoms with E-state index < -0.39 is 107 Å². The average molecular weight is 981 g/mol. The minimum absolute atomic E-state index is 0.0362. The quantitative estimate of drug-likeness (QED) is 0.106. The number of methoxy groups -OCH3 is 1. The molecule has 0 saturated carbocycles. The van der Waals surface area contributed by atoms with Gasteiger partial charge in [0.25, 0.3) is 5.69 Å². The van der Waals surface area contributed by atoms with E-state index in [0.717, 1.165) is 16.3 Å². The number of thiazole rings is 1. The van der Waals surface area contributed by atoms with Gasteiger partial charge in [-0.2, -0.15) is 0 Å². The molecule has 18 atom stereocenters. The number of nitrogens with zero attached hydrogens (tertiary/aromatic N) is 4. The van der Waals surface area contributed by atoms with Gasteiger partial charge in [-0.05, 0) is 93.3 Å². The maximum atomic E-state index is 14.5. The molecule has 1 aromatic heterocycles. The highest BCUT2D eigenvalue weighted by molar-refractivity contribution is 7.09. The fourth-order valence-electron chi connectivity index (χ4n) is 10.6. The number of aliphatic hydroxyl groups is 5. The number of aliphatic hydroxyl groups excluding tert-OH is 3. The predicted molar refractivity (Wildman–Crippen MR) is 255 cm³/mol. The number of hydrogen-bond donors (Lipinski definition) is 5. The van der Waals surface area contributed by atoms with E-state index in [2.05, 4.69) is 4.90 Å². The summed E-state index contributed by atoms with van der Waals surface area (Å²) in [5.74, 6) is -2.80. The van der Waals surface area contributed by atoms with Crippen molar-refractivity contribution < 1.29 is 63.7 Å². The Morgan fingerprint density at radius 2 is 1.66 bits per heavy atom. The molecule has 0 unspecified atom stereocenters. The van der Waals surface area contributed by atoms with Crippen LogP contribution in [0.1, 0.15) is 111 Å². The number of benzene rings is 1. The van der Waals surface area contributed by atoms with Crippen molar-refractivity contribution in [2.45, 2.75) is 198 Å². The van der Waals surface area contributed by atoms with Crippen LogP contribution in [-0.2, 0) is 46.1 Å². The molecule has 68 heavy (non-hydrogen) atoms. The minimum Gasteiger partial charge on any atom is -0.459 e. The van der Waals surface area contributed by atoms with E-state index in [0.29, 0.717) is 32.4 Å². The van der Waals surface area contributed by atoms with Crippen molar-refractivity contribution in [1.82, 2.24) is 14.8 Å². The maximum absolute atomic E-state index is 14.5. The third-order valence-corrected chi connectivity index (χ3v) is 15.8. The molecule has 0 aliphatic carbocycles. The Bertz CT molecular complexity index is 1940. The lowest BCUT2D eigenvalue weighted by atomic mass is 9.77. The van der Waals surface area contributed by atoms with Crippen LogP contribution in [0.25, 0.3) is 0 Å². The third-order valence-electron chi connectivity index (χ3n) is 14.9. The fourth-order valence-corrected chi connectivity index (χ4v) is 11.4. The second-order valence-electron chi connectivity index (χ2n) is 20.8. The number of rotatable bonds is 13. The number of esters is 1. The Hall–Kier alpha value is -2.76. The molecule has 0 radical (unpaired) electrons. The lowest BCUT2D eigenvalue weighted by Crippen LogP contribution is -2.61. The average Bonchev–Trinajstić information content (AvgIpc) is 3.73. The highest BCUT2D eigenvalue weighted by Gasteiger charge is 2.53. The van der Waals surface area contributed by atoms with E-state index in [1.54, 1.807) is 53.7 Å². The van der Waals surface area contributed by atoms with Crippen LogP contribution in [0.3, 0.4) is 0 Å². The van der Waals surface area contributed by atoms with E-state index >= 15 is 0 Å². The van der Waals surface area contributed by atoms with Crippen LogP contribution in [0.2, 0.25) is 0 Å². The minimum atomic E-state index is -1.84. The van der Waals surface area contributed by atoms with E-state index in [9.17, 15) is 40.4 Å². The summed E-state index contributed by atoms with van der Waals surface area (Å²) in [7, 11) is 5.26. The van der Waals surface area contributed by atoms with E-state index in [-0.39, 0.29) is 37.0 Å². The summed E-state index contributed by atoms with van der Waals surface area (Å²) in [5.41, 5.74) is -2.70. The van der Waals surface area contributed by atoms with Gasteiger partial charge in [-0.15, -0.1) is 11.3 Å². The van der Waals surface area contributed by atoms with E-state index in [1.165, 1.54) is 37.5 Å². The lowest BCUT2D eigenvalue weighted by molar-refractivity contribution is -0.384. The number of carbonyl (C=O) groups excluding carboxylic acids is 1. The highest BCUT2D eigenvalue weighted by atomic mass is 32.1. The largest absolute Gasteiger partial charge is 0.459 e. The summed E-state index contributed by atoms with van der Waals surface area (Å²) in [4.78, 5) is 33.9. The lowest BCUT2D eigenvalue weighted by Gasteiger charge is -2.49. The van der Waals surface area contributed by atoms with Crippen LogP contribution in [0.5, 0.6) is 0 Å². The molecule has 3 fully saturated rings. The topological polar surface area (TPSA) is 236 Å². The summed E-state index contributed by atoms with van der Waals surface area (Å²) < 4.78 is 38.2. The SMILES string of the molecule is CC[C@H]1OC(=O)[C@H](C)[C@@H](O[C@H]2C[C@@](C)(OC)[C@@H](O)[C@H](C)O2)[C@H](C)[C@@H](O[C@@H]2O[C@H](C)C[C@H](N(C)CCc3csc(Cc4ccc([N+](=O)[O-])cc4)n3)[C@H]2O)[C@](C)(O)C[C@@H](C)CN(C)[C@H](C)[C@@H](O)[C@]1(C)O. The van der Waals surface area contributed by atoms with Crippen LogP contribution < -0.4 is 0 Å². The molecule has 3 saturated heterocycles. The van der Waals surface area contributed by atoms with Gasteiger partial charge in [0, 0.05) is 75.0 Å². The Balaban J connectivity index is 1.44. The Labute approximate surface area is 406 Å². The summed E-state index contributed by atoms with van der Waals surface area (Å²) >= 11 is 1.52. The second kappa shape index (κ2) is 23.2. The van der Waals surface area contributed by atoms with Crippen molar-refractivity contribution in [3.8, 4) is 0 Å². The van der Waals surface area contributed by atoms with Crippen LogP contribution in [0.15, 0.2) is 29.6 Å². The predicted octanol–water partition coefficient (Wildman–Crippen LogP) is 4.47. The zero-order valence-corrected chi connectivity index (χ0v) is 43.1. The normalized spacial score (nSPS) is 40.6. The standard InChI is InChI=1S/C49H80N4O14S/c1-14-37-49(10,59)42(55)31(6)52(12)25-27(2)23-47(8,58)44(29(4)41(30(5)45(57)65-37)66-39-24-48(9,62-13)43(56)32(7)64-39)67-46-40(54)36(21-28(3)63-46)51(11)20-19-34-26-68-38(50-34)22-33-15-17-35(18-16-33)53(60)61/h15-18,26-32,36-37,39-44,46,54-56,58-59H,14,19-25H2,1-13H3/t27-,28-,29+,30-,31-,32+,36+,37-,39+,40-,41+,42-,43+,44-,46+,47-,48-,49-/m1/s1. The number of ether oxygens (including phenoxy) is 6. The van der Waals surface area contributed by atoms with Gasteiger partial charge < -0.3 is 63.8 Å². The molecular weight excluding hydrogens is 901 g/mol. The van der Waals surface area contributed by atoms with E-state index in [1.807, 2.05) is 45.1 Å². The first-order chi connectivity index (χ1) is 31.7. The monoisotopic (exact) mass is 981 g/mol. The van der Waals surface area contributed by atoms with Crippen LogP contribution in [0, 0.1) is 27.9 Å². The molecule has 1 aromatic carbocycles. The van der Waals surface area contributed by atoms with Crippen LogP contribution in [0.4, 0.5) is 5.69 Å².